The second-order valence-corrected chi connectivity index (χ2v) is 5.32. The highest BCUT2D eigenvalue weighted by Gasteiger charge is 2.24. The smallest absolute Gasteiger partial charge is 0.255 e. The summed E-state index contributed by atoms with van der Waals surface area (Å²) in [5, 5.41) is 0.413. The molecule has 1 heterocycles. The molecule has 5 heteroatoms. The van der Waals surface area contributed by atoms with Crippen molar-refractivity contribution in [3.8, 4) is 0 Å². The van der Waals surface area contributed by atoms with Gasteiger partial charge in [0.25, 0.3) is 5.91 Å². The summed E-state index contributed by atoms with van der Waals surface area (Å²) < 4.78 is 0.800. The maximum absolute atomic E-state index is 12.2. The third-order valence-electron chi connectivity index (χ3n) is 2.70. The van der Waals surface area contributed by atoms with E-state index < -0.39 is 0 Å². The van der Waals surface area contributed by atoms with E-state index in [1.54, 1.807) is 23.1 Å². The van der Waals surface area contributed by atoms with Gasteiger partial charge in [0.05, 0.1) is 17.1 Å². The summed E-state index contributed by atoms with van der Waals surface area (Å²) in [5.74, 6) is -0.0694. The molecule has 1 aliphatic rings. The largest absolute Gasteiger partial charge is 0.331 e. The molecule has 0 aromatic heterocycles. The van der Waals surface area contributed by atoms with Crippen molar-refractivity contribution >= 4 is 39.2 Å². The van der Waals surface area contributed by atoms with Crippen molar-refractivity contribution in [1.82, 2.24) is 4.90 Å². The van der Waals surface area contributed by atoms with E-state index in [1.165, 1.54) is 0 Å². The molecule has 1 aromatic rings. The summed E-state index contributed by atoms with van der Waals surface area (Å²) >= 11 is 9.30. The Hall–Kier alpha value is -0.870. The molecule has 1 amide bonds. The van der Waals surface area contributed by atoms with Crippen molar-refractivity contribution in [2.24, 2.45) is 0 Å². The van der Waals surface area contributed by atoms with Crippen LogP contribution in [0, 0.1) is 0 Å². The molecule has 3 nitrogen and oxygen atoms in total. The Kier molecular flexibility index (Phi) is 3.84. The van der Waals surface area contributed by atoms with Gasteiger partial charge in [0.15, 0.2) is 5.78 Å². The van der Waals surface area contributed by atoms with E-state index >= 15 is 0 Å². The summed E-state index contributed by atoms with van der Waals surface area (Å²) in [6.07, 6.45) is 1.30. The molecule has 1 aliphatic heterocycles. The predicted octanol–water partition coefficient (Wildman–Crippen LogP) is 2.91. The van der Waals surface area contributed by atoms with Crippen LogP contribution in [0.2, 0.25) is 5.02 Å². The topological polar surface area (TPSA) is 37.4 Å². The lowest BCUT2D eigenvalue weighted by molar-refractivity contribution is -0.121. The van der Waals surface area contributed by atoms with Gasteiger partial charge < -0.3 is 4.90 Å². The predicted molar refractivity (Wildman–Crippen MR) is 69.3 cm³/mol. The monoisotopic (exact) mass is 315 g/mol. The number of carbonyl (C=O) groups excluding carboxylic acids is 2. The van der Waals surface area contributed by atoms with E-state index in [0.29, 0.717) is 23.6 Å². The van der Waals surface area contributed by atoms with E-state index in [4.69, 9.17) is 11.6 Å². The molecule has 1 aromatic carbocycles. The van der Waals surface area contributed by atoms with Crippen LogP contribution in [0.15, 0.2) is 22.7 Å². The number of hydrogen-bond acceptors (Lipinski definition) is 2. The summed E-state index contributed by atoms with van der Waals surface area (Å²) in [6, 6.07) is 5.13. The van der Waals surface area contributed by atoms with Crippen molar-refractivity contribution in [1.29, 1.82) is 0 Å². The number of ketones is 1. The number of Topliss-reactive ketones (excluding diaryl/α,β-unsaturated/α-hetero) is 1. The van der Waals surface area contributed by atoms with Crippen LogP contribution in [0.25, 0.3) is 0 Å². The van der Waals surface area contributed by atoms with Gasteiger partial charge >= 0.3 is 0 Å². The number of halogens is 2. The third-order valence-corrected chi connectivity index (χ3v) is 3.52. The molecule has 0 atom stereocenters. The maximum atomic E-state index is 12.2. The van der Waals surface area contributed by atoms with Crippen LogP contribution < -0.4 is 0 Å². The van der Waals surface area contributed by atoms with Gasteiger partial charge in [0.1, 0.15) is 0 Å². The zero-order chi connectivity index (χ0) is 12.4. The van der Waals surface area contributed by atoms with Gasteiger partial charge in [-0.15, -0.1) is 0 Å². The molecule has 0 unspecified atom stereocenters. The summed E-state index contributed by atoms with van der Waals surface area (Å²) in [5.41, 5.74) is 0.441. The average Bonchev–Trinajstić information content (AvgIpc) is 2.31. The molecule has 0 bridgehead atoms. The molecular weight excluding hydrogens is 305 g/mol. The summed E-state index contributed by atoms with van der Waals surface area (Å²) in [7, 11) is 0. The lowest BCUT2D eigenvalue weighted by Gasteiger charge is -2.26. The minimum Gasteiger partial charge on any atom is -0.331 e. The minimum absolute atomic E-state index is 0.107. The Morgan fingerprint density at radius 3 is 2.88 bits per heavy atom. The molecule has 1 fully saturated rings. The number of piperidine rings is 1. The first kappa shape index (κ1) is 12.6. The zero-order valence-corrected chi connectivity index (χ0v) is 11.4. The van der Waals surface area contributed by atoms with Crippen LogP contribution in [0.4, 0.5) is 0 Å². The maximum Gasteiger partial charge on any atom is 0.255 e. The van der Waals surface area contributed by atoms with Crippen molar-refractivity contribution in [2.45, 2.75) is 12.8 Å². The first-order chi connectivity index (χ1) is 8.08. The fourth-order valence-corrected chi connectivity index (χ4v) is 2.40. The highest BCUT2D eigenvalue weighted by Crippen LogP contribution is 2.23. The number of carbonyl (C=O) groups is 2. The van der Waals surface area contributed by atoms with Gasteiger partial charge in [-0.05, 0) is 24.6 Å². The Balaban J connectivity index is 2.24. The molecule has 1 saturated heterocycles. The van der Waals surface area contributed by atoms with Gasteiger partial charge in [-0.25, -0.2) is 0 Å². The third kappa shape index (κ3) is 2.87. The highest BCUT2D eigenvalue weighted by molar-refractivity contribution is 9.10. The number of benzene rings is 1. The fourth-order valence-electron chi connectivity index (χ4n) is 1.84. The van der Waals surface area contributed by atoms with Crippen LogP contribution in [0.3, 0.4) is 0 Å². The number of amides is 1. The number of rotatable bonds is 1. The molecule has 0 radical (unpaired) electrons. The Morgan fingerprint density at radius 2 is 2.18 bits per heavy atom. The van der Waals surface area contributed by atoms with Crippen LogP contribution in [0.1, 0.15) is 23.2 Å². The normalized spacial score (nSPS) is 16.1. The quantitative estimate of drug-likeness (QED) is 0.799. The average molecular weight is 317 g/mol. The SMILES string of the molecule is O=C1CCCN(C(=O)c2cc(Br)ccc2Cl)C1. The minimum atomic E-state index is -0.177. The molecule has 17 heavy (non-hydrogen) atoms. The molecular formula is C12H11BrClNO2. The Morgan fingerprint density at radius 1 is 1.41 bits per heavy atom. The molecule has 0 saturated carbocycles. The van der Waals surface area contributed by atoms with Crippen molar-refractivity contribution in [3.63, 3.8) is 0 Å². The fraction of sp³-hybridized carbons (Fsp3) is 0.333. The molecule has 90 valence electrons. The van der Waals surface area contributed by atoms with Crippen LogP contribution in [-0.2, 0) is 4.79 Å². The van der Waals surface area contributed by atoms with E-state index in [0.717, 1.165) is 10.9 Å². The second-order valence-electron chi connectivity index (χ2n) is 3.99. The van der Waals surface area contributed by atoms with Crippen molar-refractivity contribution in [2.75, 3.05) is 13.1 Å². The first-order valence-corrected chi connectivity index (χ1v) is 6.51. The van der Waals surface area contributed by atoms with Gasteiger partial charge in [0.2, 0.25) is 0 Å². The van der Waals surface area contributed by atoms with E-state index in [9.17, 15) is 9.59 Å². The van der Waals surface area contributed by atoms with E-state index in [1.807, 2.05) is 0 Å². The summed E-state index contributed by atoms with van der Waals surface area (Å²) in [6.45, 7) is 0.815. The van der Waals surface area contributed by atoms with E-state index in [-0.39, 0.29) is 18.2 Å². The number of nitrogens with zero attached hydrogens (tertiary/aromatic N) is 1. The van der Waals surface area contributed by atoms with E-state index in [2.05, 4.69) is 15.9 Å². The van der Waals surface area contributed by atoms with Crippen LogP contribution in [-0.4, -0.2) is 29.7 Å². The van der Waals surface area contributed by atoms with Crippen molar-refractivity contribution in [3.05, 3.63) is 33.3 Å². The standard InChI is InChI=1S/C12H11BrClNO2/c13-8-3-4-11(14)10(6-8)12(17)15-5-1-2-9(16)7-15/h3-4,6H,1-2,5,7H2. The van der Waals surface area contributed by atoms with Gasteiger partial charge in [0, 0.05) is 17.4 Å². The lowest BCUT2D eigenvalue weighted by atomic mass is 10.1. The first-order valence-electron chi connectivity index (χ1n) is 5.34. The molecule has 0 spiro atoms. The van der Waals surface area contributed by atoms with Gasteiger partial charge in [-0.1, -0.05) is 27.5 Å². The zero-order valence-electron chi connectivity index (χ0n) is 9.08. The van der Waals surface area contributed by atoms with Crippen LogP contribution in [0.5, 0.6) is 0 Å². The number of hydrogen-bond donors (Lipinski definition) is 0. The van der Waals surface area contributed by atoms with Gasteiger partial charge in [-0.3, -0.25) is 9.59 Å². The molecule has 2 rings (SSSR count). The Bertz CT molecular complexity index is 476. The second kappa shape index (κ2) is 5.19. The summed E-state index contributed by atoms with van der Waals surface area (Å²) in [4.78, 5) is 25.1. The molecule has 0 aliphatic carbocycles. The van der Waals surface area contributed by atoms with Gasteiger partial charge in [-0.2, -0.15) is 0 Å². The lowest BCUT2D eigenvalue weighted by Crippen LogP contribution is -2.40. The van der Waals surface area contributed by atoms with Crippen LogP contribution >= 0.6 is 27.5 Å². The number of likely N-dealkylation sites (tertiary alicyclic amines) is 1. The Labute approximate surface area is 113 Å². The molecule has 0 N–H and O–H groups in total. The van der Waals surface area contributed by atoms with Crippen molar-refractivity contribution < 1.29 is 9.59 Å². The highest BCUT2D eigenvalue weighted by atomic mass is 79.9.